The largest absolute Gasteiger partial charge is 0.477 e. The number of hydrogen-bond acceptors (Lipinski definition) is 3. The Bertz CT molecular complexity index is 1050. The minimum atomic E-state index is -1.16. The minimum absolute atomic E-state index is 0.0255. The molecule has 0 atom stereocenters. The number of rotatable bonds is 3. The van der Waals surface area contributed by atoms with Crippen molar-refractivity contribution in [2.24, 2.45) is 0 Å². The molecule has 1 aromatic heterocycles. The summed E-state index contributed by atoms with van der Waals surface area (Å²) in [6.45, 7) is 0. The van der Waals surface area contributed by atoms with Gasteiger partial charge in [-0.05, 0) is 24.3 Å². The Hall–Kier alpha value is -0.720. The van der Waals surface area contributed by atoms with E-state index in [0.29, 0.717) is 16.1 Å². The number of carboxylic acid groups (broad SMARTS) is 1. The number of hydrogen-bond donors (Lipinski definition) is 1. The number of aromatic carboxylic acids is 1. The quantitative estimate of drug-likeness (QED) is 0.380. The van der Waals surface area contributed by atoms with Crippen molar-refractivity contribution < 1.29 is 9.90 Å². The monoisotopic (exact) mass is 485 g/mol. The van der Waals surface area contributed by atoms with E-state index in [0.717, 1.165) is 11.3 Å². The summed E-state index contributed by atoms with van der Waals surface area (Å²) in [6, 6.07) is 6.24. The van der Waals surface area contributed by atoms with Gasteiger partial charge in [0.05, 0.1) is 35.8 Å². The molecule has 0 aliphatic carbocycles. The SMILES string of the molecule is O=C(O)c1sc(-c2ccc(Cl)c(Cl)c2Cl)nc1-c1ccc(Cl)c(Cl)c1Cl. The molecular weight excluding hydrogens is 483 g/mol. The highest BCUT2D eigenvalue weighted by molar-refractivity contribution is 7.17. The fourth-order valence-corrected chi connectivity index (χ4v) is 4.42. The third-order valence-corrected chi connectivity index (χ3v) is 7.04. The zero-order chi connectivity index (χ0) is 19.2. The molecule has 134 valence electrons. The van der Waals surface area contributed by atoms with Crippen molar-refractivity contribution in [1.82, 2.24) is 4.98 Å². The van der Waals surface area contributed by atoms with Crippen molar-refractivity contribution in [3.05, 3.63) is 59.3 Å². The normalized spacial score (nSPS) is 11.0. The predicted octanol–water partition coefficient (Wildman–Crippen LogP) is 8.10. The van der Waals surface area contributed by atoms with Gasteiger partial charge >= 0.3 is 5.97 Å². The average molecular weight is 488 g/mol. The van der Waals surface area contributed by atoms with Gasteiger partial charge in [0.15, 0.2) is 0 Å². The summed E-state index contributed by atoms with van der Waals surface area (Å²) in [7, 11) is 0. The molecular formula is C16H5Cl6NO2S. The van der Waals surface area contributed by atoms with Crippen molar-refractivity contribution in [2.75, 3.05) is 0 Å². The number of aromatic nitrogens is 1. The van der Waals surface area contributed by atoms with E-state index in [1.807, 2.05) is 0 Å². The number of carboxylic acids is 1. The molecule has 0 saturated heterocycles. The summed E-state index contributed by atoms with van der Waals surface area (Å²) in [4.78, 5) is 16.1. The molecule has 3 rings (SSSR count). The molecule has 3 nitrogen and oxygen atoms in total. The maximum absolute atomic E-state index is 11.7. The summed E-state index contributed by atoms with van der Waals surface area (Å²) in [5.74, 6) is -1.16. The Kier molecular flexibility index (Phi) is 5.95. The second-order valence-corrected chi connectivity index (χ2v) is 8.27. The third kappa shape index (κ3) is 3.52. The van der Waals surface area contributed by atoms with Crippen molar-refractivity contribution in [3.63, 3.8) is 0 Å². The number of carbonyl (C=O) groups is 1. The molecule has 0 unspecified atom stereocenters. The molecule has 0 radical (unpaired) electrons. The van der Waals surface area contributed by atoms with Gasteiger partial charge in [-0.3, -0.25) is 0 Å². The van der Waals surface area contributed by atoms with E-state index in [1.165, 1.54) is 6.07 Å². The molecule has 0 aliphatic heterocycles. The standard InChI is InChI=1S/C16H5Cl6NO2S/c17-7-3-1-5(9(19)11(7)21)13-14(16(24)25)26-15(23-13)6-2-4-8(18)12(22)10(6)20/h1-4H,(H,24,25). The lowest BCUT2D eigenvalue weighted by Crippen LogP contribution is -1.96. The number of halogens is 6. The van der Waals surface area contributed by atoms with Gasteiger partial charge < -0.3 is 5.11 Å². The topological polar surface area (TPSA) is 50.2 Å². The van der Waals surface area contributed by atoms with Crippen molar-refractivity contribution in [1.29, 1.82) is 0 Å². The summed E-state index contributed by atoms with van der Waals surface area (Å²) in [5, 5.41) is 11.0. The van der Waals surface area contributed by atoms with E-state index in [9.17, 15) is 9.90 Å². The van der Waals surface area contributed by atoms with Gasteiger partial charge in [0, 0.05) is 11.1 Å². The Labute approximate surface area is 182 Å². The van der Waals surface area contributed by atoms with Crippen LogP contribution in [-0.4, -0.2) is 16.1 Å². The molecule has 0 bridgehead atoms. The molecule has 2 aromatic carbocycles. The fourth-order valence-electron chi connectivity index (χ4n) is 2.16. The highest BCUT2D eigenvalue weighted by atomic mass is 35.5. The minimum Gasteiger partial charge on any atom is -0.477 e. The summed E-state index contributed by atoms with van der Waals surface area (Å²) < 4.78 is 0. The summed E-state index contributed by atoms with van der Waals surface area (Å²) >= 11 is 37.4. The van der Waals surface area contributed by atoms with E-state index in [-0.39, 0.29) is 40.7 Å². The first-order valence-electron chi connectivity index (χ1n) is 6.74. The molecule has 0 spiro atoms. The fraction of sp³-hybridized carbons (Fsp3) is 0. The second kappa shape index (κ2) is 7.72. The molecule has 0 aliphatic rings. The molecule has 1 N–H and O–H groups in total. The van der Waals surface area contributed by atoms with E-state index in [1.54, 1.807) is 18.2 Å². The first kappa shape index (κ1) is 20.0. The van der Waals surface area contributed by atoms with Gasteiger partial charge in [-0.25, -0.2) is 9.78 Å². The Morgan fingerprint density at radius 3 is 1.85 bits per heavy atom. The van der Waals surface area contributed by atoms with Crippen LogP contribution in [0.4, 0.5) is 0 Å². The van der Waals surface area contributed by atoms with Crippen molar-refractivity contribution >= 4 is 86.9 Å². The van der Waals surface area contributed by atoms with Gasteiger partial charge in [-0.15, -0.1) is 11.3 Å². The first-order valence-corrected chi connectivity index (χ1v) is 9.82. The molecule has 0 fully saturated rings. The smallest absolute Gasteiger partial charge is 0.348 e. The summed E-state index contributed by atoms with van der Waals surface area (Å²) in [6.07, 6.45) is 0. The summed E-state index contributed by atoms with van der Waals surface area (Å²) in [5.41, 5.74) is 0.955. The van der Waals surface area contributed by atoms with Gasteiger partial charge in [0.25, 0.3) is 0 Å². The van der Waals surface area contributed by atoms with E-state index < -0.39 is 5.97 Å². The first-order chi connectivity index (χ1) is 12.2. The molecule has 3 aromatic rings. The van der Waals surface area contributed by atoms with Crippen molar-refractivity contribution in [3.8, 4) is 21.8 Å². The zero-order valence-electron chi connectivity index (χ0n) is 12.3. The number of thiazole rings is 1. The van der Waals surface area contributed by atoms with Crippen LogP contribution in [0.3, 0.4) is 0 Å². The maximum Gasteiger partial charge on any atom is 0.348 e. The average Bonchev–Trinajstić information content (AvgIpc) is 3.03. The molecule has 26 heavy (non-hydrogen) atoms. The van der Waals surface area contributed by atoms with Gasteiger partial charge in [0.1, 0.15) is 9.88 Å². The lowest BCUT2D eigenvalue weighted by Gasteiger charge is -2.06. The van der Waals surface area contributed by atoms with Crippen LogP contribution in [0.25, 0.3) is 21.8 Å². The molecule has 0 amide bonds. The Morgan fingerprint density at radius 2 is 1.31 bits per heavy atom. The van der Waals surface area contributed by atoms with Crippen molar-refractivity contribution in [2.45, 2.75) is 0 Å². The maximum atomic E-state index is 11.7. The van der Waals surface area contributed by atoms with Gasteiger partial charge in [0.2, 0.25) is 0 Å². The second-order valence-electron chi connectivity index (χ2n) is 4.95. The van der Waals surface area contributed by atoms with Crippen LogP contribution in [0.2, 0.25) is 30.1 Å². The zero-order valence-corrected chi connectivity index (χ0v) is 17.6. The highest BCUT2D eigenvalue weighted by Crippen LogP contribution is 2.44. The number of nitrogens with zero attached hydrogens (tertiary/aromatic N) is 1. The van der Waals surface area contributed by atoms with Crippen LogP contribution in [0, 0.1) is 0 Å². The van der Waals surface area contributed by atoms with Crippen LogP contribution in [-0.2, 0) is 0 Å². The predicted molar refractivity (Wildman–Crippen MR) is 110 cm³/mol. The van der Waals surface area contributed by atoms with Gasteiger partial charge in [-0.1, -0.05) is 69.6 Å². The van der Waals surface area contributed by atoms with Gasteiger partial charge in [-0.2, -0.15) is 0 Å². The lowest BCUT2D eigenvalue weighted by atomic mass is 10.1. The van der Waals surface area contributed by atoms with E-state index in [4.69, 9.17) is 69.6 Å². The Balaban J connectivity index is 2.25. The lowest BCUT2D eigenvalue weighted by molar-refractivity contribution is 0.0702. The third-order valence-electron chi connectivity index (χ3n) is 3.38. The van der Waals surface area contributed by atoms with Crippen LogP contribution in [0.1, 0.15) is 9.67 Å². The highest BCUT2D eigenvalue weighted by Gasteiger charge is 2.24. The van der Waals surface area contributed by atoms with Crippen LogP contribution < -0.4 is 0 Å². The number of benzene rings is 2. The molecule has 10 heteroatoms. The van der Waals surface area contributed by atoms with Crippen LogP contribution in [0.5, 0.6) is 0 Å². The van der Waals surface area contributed by atoms with E-state index in [2.05, 4.69) is 4.98 Å². The van der Waals surface area contributed by atoms with E-state index >= 15 is 0 Å². The molecule has 0 saturated carbocycles. The van der Waals surface area contributed by atoms with Crippen LogP contribution in [0.15, 0.2) is 24.3 Å². The molecule has 1 heterocycles. The van der Waals surface area contributed by atoms with Crippen LogP contribution >= 0.6 is 80.9 Å². The Morgan fingerprint density at radius 1 is 0.808 bits per heavy atom.